The highest BCUT2D eigenvalue weighted by molar-refractivity contribution is 6.30. The first-order chi connectivity index (χ1) is 12.4. The van der Waals surface area contributed by atoms with E-state index in [9.17, 15) is 14.0 Å². The lowest BCUT2D eigenvalue weighted by atomic mass is 9.44. The Morgan fingerprint density at radius 1 is 1.31 bits per heavy atom. The van der Waals surface area contributed by atoms with Gasteiger partial charge in [0.15, 0.2) is 6.61 Å². The maximum Gasteiger partial charge on any atom is 0.258 e. The highest BCUT2D eigenvalue weighted by atomic mass is 35.5. The van der Waals surface area contributed by atoms with E-state index in [1.807, 2.05) is 0 Å². The molecule has 2 bridgehead atoms. The van der Waals surface area contributed by atoms with Gasteiger partial charge in [0.2, 0.25) is 0 Å². The van der Waals surface area contributed by atoms with Crippen LogP contribution in [0.25, 0.3) is 0 Å². The van der Waals surface area contributed by atoms with E-state index in [-0.39, 0.29) is 40.3 Å². The van der Waals surface area contributed by atoms with Crippen LogP contribution >= 0.6 is 11.6 Å². The summed E-state index contributed by atoms with van der Waals surface area (Å²) in [4.78, 5) is 24.2. The standard InChI is InChI=1S/C17H19ClFN3O4/c18-11-2-1-10(3-12(11)19)25-5-14(23)21-16-6-17(7-16,8-16)22-15(24)13-4-20-9-26-13/h1-3,13,20H,4-9H2,(H,21,23)(H,22,24). The molecule has 3 saturated carbocycles. The van der Waals surface area contributed by atoms with Crippen LogP contribution in [-0.2, 0) is 14.3 Å². The first-order valence-corrected chi connectivity index (χ1v) is 8.80. The number of rotatable bonds is 6. The molecular formula is C17H19ClFN3O4. The van der Waals surface area contributed by atoms with Crippen LogP contribution in [0, 0.1) is 5.82 Å². The third-order valence-electron chi connectivity index (χ3n) is 5.09. The lowest BCUT2D eigenvalue weighted by Crippen LogP contribution is -2.84. The summed E-state index contributed by atoms with van der Waals surface area (Å²) in [5, 5.41) is 8.94. The number of carbonyl (C=O) groups excluding carboxylic acids is 2. The van der Waals surface area contributed by atoms with Crippen molar-refractivity contribution in [1.82, 2.24) is 16.0 Å². The van der Waals surface area contributed by atoms with Gasteiger partial charge in [-0.25, -0.2) is 4.39 Å². The second kappa shape index (κ2) is 6.37. The predicted octanol–water partition coefficient (Wildman–Crippen LogP) is 0.711. The van der Waals surface area contributed by atoms with E-state index in [0.717, 1.165) is 6.07 Å². The molecule has 1 heterocycles. The van der Waals surface area contributed by atoms with E-state index in [4.69, 9.17) is 21.1 Å². The van der Waals surface area contributed by atoms with Crippen molar-refractivity contribution in [2.75, 3.05) is 19.9 Å². The molecule has 4 fully saturated rings. The minimum absolute atomic E-state index is 0.00167. The van der Waals surface area contributed by atoms with Crippen LogP contribution in [0.2, 0.25) is 5.02 Å². The number of carbonyl (C=O) groups is 2. The van der Waals surface area contributed by atoms with Gasteiger partial charge in [-0.2, -0.15) is 0 Å². The Morgan fingerprint density at radius 2 is 2.04 bits per heavy atom. The summed E-state index contributed by atoms with van der Waals surface area (Å²) < 4.78 is 23.9. The molecule has 26 heavy (non-hydrogen) atoms. The molecule has 4 aliphatic rings. The maximum atomic E-state index is 13.3. The Bertz CT molecular complexity index is 734. The van der Waals surface area contributed by atoms with Gasteiger partial charge in [-0.1, -0.05) is 11.6 Å². The molecule has 0 aromatic heterocycles. The fourth-order valence-corrected chi connectivity index (χ4v) is 4.14. The largest absolute Gasteiger partial charge is 0.484 e. The summed E-state index contributed by atoms with van der Waals surface area (Å²) in [6.07, 6.45) is 1.66. The van der Waals surface area contributed by atoms with Crippen LogP contribution in [0.1, 0.15) is 19.3 Å². The zero-order valence-electron chi connectivity index (χ0n) is 13.9. The van der Waals surface area contributed by atoms with Crippen molar-refractivity contribution in [3.8, 4) is 5.75 Å². The summed E-state index contributed by atoms with van der Waals surface area (Å²) >= 11 is 5.60. The SMILES string of the molecule is O=C(COc1ccc(Cl)c(F)c1)NC12CC(NC(=O)C3CNCO3)(C1)C2. The predicted molar refractivity (Wildman–Crippen MR) is 90.2 cm³/mol. The van der Waals surface area contributed by atoms with Gasteiger partial charge >= 0.3 is 0 Å². The third kappa shape index (κ3) is 3.24. The van der Waals surface area contributed by atoms with Gasteiger partial charge in [-0.15, -0.1) is 0 Å². The van der Waals surface area contributed by atoms with Gasteiger partial charge in [-0.05, 0) is 31.4 Å². The second-order valence-electron chi connectivity index (χ2n) is 7.25. The molecule has 3 aliphatic carbocycles. The van der Waals surface area contributed by atoms with Crippen LogP contribution in [0.15, 0.2) is 18.2 Å². The number of amides is 2. The smallest absolute Gasteiger partial charge is 0.258 e. The molecule has 7 nitrogen and oxygen atoms in total. The van der Waals surface area contributed by atoms with Crippen molar-refractivity contribution in [3.63, 3.8) is 0 Å². The molecule has 1 unspecified atom stereocenters. The normalized spacial score (nSPS) is 31.5. The summed E-state index contributed by atoms with van der Waals surface area (Å²) in [5.41, 5.74) is -0.496. The molecule has 1 saturated heterocycles. The van der Waals surface area contributed by atoms with Crippen LogP contribution < -0.4 is 20.7 Å². The Morgan fingerprint density at radius 3 is 2.69 bits per heavy atom. The average molecular weight is 384 g/mol. The number of benzene rings is 1. The molecule has 0 spiro atoms. The third-order valence-corrected chi connectivity index (χ3v) is 5.40. The van der Waals surface area contributed by atoms with Crippen LogP contribution in [0.4, 0.5) is 4.39 Å². The van der Waals surface area contributed by atoms with E-state index in [1.165, 1.54) is 12.1 Å². The van der Waals surface area contributed by atoms with E-state index in [0.29, 0.717) is 32.5 Å². The summed E-state index contributed by atoms with van der Waals surface area (Å²) in [7, 11) is 0. The minimum atomic E-state index is -0.594. The van der Waals surface area contributed by atoms with E-state index >= 15 is 0 Å². The molecule has 3 N–H and O–H groups in total. The van der Waals surface area contributed by atoms with Gasteiger partial charge in [-0.3, -0.25) is 14.9 Å². The Labute approximate surface area is 154 Å². The fraction of sp³-hybridized carbons (Fsp3) is 0.529. The fourth-order valence-electron chi connectivity index (χ4n) is 4.02. The number of halogens is 2. The molecule has 5 rings (SSSR count). The zero-order chi connectivity index (χ0) is 18.4. The quantitative estimate of drug-likeness (QED) is 0.673. The van der Waals surface area contributed by atoms with Gasteiger partial charge in [0.05, 0.1) is 11.8 Å². The Hall–Kier alpha value is -1.90. The molecule has 1 aromatic carbocycles. The molecule has 1 aliphatic heterocycles. The van der Waals surface area contributed by atoms with Crippen molar-refractivity contribution >= 4 is 23.4 Å². The number of ether oxygens (including phenoxy) is 2. The van der Waals surface area contributed by atoms with E-state index in [1.54, 1.807) is 0 Å². The Kier molecular flexibility index (Phi) is 4.29. The van der Waals surface area contributed by atoms with Crippen molar-refractivity contribution in [1.29, 1.82) is 0 Å². The molecule has 9 heteroatoms. The molecule has 2 amide bonds. The highest BCUT2D eigenvalue weighted by Crippen LogP contribution is 2.60. The second-order valence-corrected chi connectivity index (χ2v) is 7.65. The number of hydrogen-bond acceptors (Lipinski definition) is 5. The van der Waals surface area contributed by atoms with Gasteiger partial charge in [0.1, 0.15) is 17.7 Å². The highest BCUT2D eigenvalue weighted by Gasteiger charge is 2.69. The lowest BCUT2D eigenvalue weighted by Gasteiger charge is -2.70. The first kappa shape index (κ1) is 17.5. The first-order valence-electron chi connectivity index (χ1n) is 8.42. The van der Waals surface area contributed by atoms with E-state index in [2.05, 4.69) is 16.0 Å². The minimum Gasteiger partial charge on any atom is -0.484 e. The summed E-state index contributed by atoms with van der Waals surface area (Å²) in [6.45, 7) is 0.707. The molecule has 1 aromatic rings. The molecular weight excluding hydrogens is 365 g/mol. The van der Waals surface area contributed by atoms with Crippen molar-refractivity contribution < 1.29 is 23.5 Å². The number of nitrogens with one attached hydrogen (secondary N) is 3. The van der Waals surface area contributed by atoms with Crippen molar-refractivity contribution in [3.05, 3.63) is 29.0 Å². The Balaban J connectivity index is 1.21. The number of hydrogen-bond donors (Lipinski definition) is 3. The van der Waals surface area contributed by atoms with Crippen molar-refractivity contribution in [2.24, 2.45) is 0 Å². The lowest BCUT2D eigenvalue weighted by molar-refractivity contribution is -0.154. The van der Waals surface area contributed by atoms with Crippen molar-refractivity contribution in [2.45, 2.75) is 36.4 Å². The summed E-state index contributed by atoms with van der Waals surface area (Å²) in [6, 6.07) is 4.02. The average Bonchev–Trinajstić information content (AvgIpc) is 3.07. The van der Waals surface area contributed by atoms with E-state index < -0.39 is 11.9 Å². The monoisotopic (exact) mass is 383 g/mol. The molecule has 1 atom stereocenters. The van der Waals surface area contributed by atoms with Crippen LogP contribution in [0.5, 0.6) is 5.75 Å². The summed E-state index contributed by atoms with van der Waals surface area (Å²) in [5.74, 6) is -0.734. The molecule has 0 radical (unpaired) electrons. The van der Waals surface area contributed by atoms with Crippen LogP contribution in [0.3, 0.4) is 0 Å². The molecule has 140 valence electrons. The van der Waals surface area contributed by atoms with Gasteiger partial charge in [0.25, 0.3) is 11.8 Å². The zero-order valence-corrected chi connectivity index (χ0v) is 14.7. The van der Waals surface area contributed by atoms with Crippen LogP contribution in [-0.4, -0.2) is 48.9 Å². The van der Waals surface area contributed by atoms with Gasteiger partial charge in [0, 0.05) is 23.7 Å². The van der Waals surface area contributed by atoms with Gasteiger partial charge < -0.3 is 20.1 Å². The topological polar surface area (TPSA) is 88.7 Å². The maximum absolute atomic E-state index is 13.3.